The van der Waals surface area contributed by atoms with Crippen LogP contribution in [0.15, 0.2) is 30.5 Å². The van der Waals surface area contributed by atoms with Crippen molar-refractivity contribution in [2.24, 2.45) is 0 Å². The van der Waals surface area contributed by atoms with Gasteiger partial charge in [-0.05, 0) is 42.5 Å². The van der Waals surface area contributed by atoms with Crippen molar-refractivity contribution in [2.75, 3.05) is 25.1 Å². The van der Waals surface area contributed by atoms with E-state index in [-0.39, 0.29) is 18.3 Å². The minimum Gasteiger partial charge on any atom is -0.435 e. The van der Waals surface area contributed by atoms with E-state index in [2.05, 4.69) is 25.3 Å². The molecular formula is C21H25F2N5O3. The summed E-state index contributed by atoms with van der Waals surface area (Å²) in [4.78, 5) is 23.4. The number of urea groups is 1. The fourth-order valence-electron chi connectivity index (χ4n) is 3.65. The molecule has 2 aliphatic heterocycles. The number of benzene rings is 1. The van der Waals surface area contributed by atoms with Crippen LogP contribution in [0.5, 0.6) is 5.75 Å². The fourth-order valence-corrected chi connectivity index (χ4v) is 3.65. The molecule has 0 saturated carbocycles. The summed E-state index contributed by atoms with van der Waals surface area (Å²) in [6.45, 7) is -0.110. The third kappa shape index (κ3) is 5.78. The lowest BCUT2D eigenvalue weighted by Gasteiger charge is -2.29. The Kier molecular flexibility index (Phi) is 6.76. The van der Waals surface area contributed by atoms with Crippen LogP contribution < -0.4 is 15.4 Å². The van der Waals surface area contributed by atoms with Crippen LogP contribution >= 0.6 is 0 Å². The topological polar surface area (TPSA) is 88.6 Å². The number of aromatic nitrogens is 2. The van der Waals surface area contributed by atoms with Crippen LogP contribution in [0, 0.1) is 0 Å². The Morgan fingerprint density at radius 2 is 2.03 bits per heavy atom. The van der Waals surface area contributed by atoms with Crippen LogP contribution in [0.2, 0.25) is 0 Å². The number of halogens is 2. The largest absolute Gasteiger partial charge is 0.435 e. The molecule has 1 aromatic heterocycles. The summed E-state index contributed by atoms with van der Waals surface area (Å²) in [5.41, 5.74) is 2.69. The third-order valence-electron chi connectivity index (χ3n) is 5.38. The number of alkyl halides is 2. The molecule has 1 saturated heterocycles. The number of fused-ring (bicyclic) bond motifs is 1. The molecule has 1 fully saturated rings. The summed E-state index contributed by atoms with van der Waals surface area (Å²) in [5.74, 6) is 0.668. The van der Waals surface area contributed by atoms with E-state index in [1.807, 2.05) is 6.20 Å². The standard InChI is InChI=1S/C21H25F2N5O3/c22-19(23)31-17-3-1-14(2-4-17)11-25-21(29)28-8-5-15-12-24-20(27-18(15)13-28)26-16-6-9-30-10-7-16/h1-4,12,16,19H,5-11,13H2,(H,25,29)(H,24,26,27). The van der Waals surface area contributed by atoms with E-state index in [0.717, 1.165) is 42.9 Å². The maximum Gasteiger partial charge on any atom is 0.387 e. The number of ether oxygens (including phenoxy) is 2. The smallest absolute Gasteiger partial charge is 0.387 e. The van der Waals surface area contributed by atoms with Crippen LogP contribution in [0.25, 0.3) is 0 Å². The van der Waals surface area contributed by atoms with Crippen molar-refractivity contribution in [3.63, 3.8) is 0 Å². The molecule has 10 heteroatoms. The molecule has 0 unspecified atom stereocenters. The zero-order valence-corrected chi connectivity index (χ0v) is 17.0. The van der Waals surface area contributed by atoms with Crippen molar-refractivity contribution in [1.82, 2.24) is 20.2 Å². The normalized spacial score (nSPS) is 16.7. The quantitative estimate of drug-likeness (QED) is 0.728. The van der Waals surface area contributed by atoms with Gasteiger partial charge in [0.15, 0.2) is 0 Å². The maximum atomic E-state index is 12.6. The number of carbonyl (C=O) groups excluding carboxylic acids is 1. The monoisotopic (exact) mass is 433 g/mol. The van der Waals surface area contributed by atoms with Crippen molar-refractivity contribution < 1.29 is 23.0 Å². The van der Waals surface area contributed by atoms with E-state index >= 15 is 0 Å². The Hall–Kier alpha value is -3.01. The molecule has 3 heterocycles. The molecule has 8 nitrogen and oxygen atoms in total. The number of amides is 2. The number of rotatable bonds is 6. The predicted octanol–water partition coefficient (Wildman–Crippen LogP) is 2.94. The number of hydrogen-bond acceptors (Lipinski definition) is 6. The van der Waals surface area contributed by atoms with Gasteiger partial charge >= 0.3 is 12.6 Å². The van der Waals surface area contributed by atoms with Crippen LogP contribution in [0.1, 0.15) is 29.7 Å². The van der Waals surface area contributed by atoms with Crippen molar-refractivity contribution >= 4 is 12.0 Å². The molecule has 2 aromatic rings. The second-order valence-electron chi connectivity index (χ2n) is 7.55. The lowest BCUT2D eigenvalue weighted by molar-refractivity contribution is -0.0498. The van der Waals surface area contributed by atoms with Gasteiger partial charge in [0.05, 0.1) is 12.2 Å². The van der Waals surface area contributed by atoms with Gasteiger partial charge in [-0.25, -0.2) is 14.8 Å². The Bertz CT molecular complexity index is 891. The highest BCUT2D eigenvalue weighted by Gasteiger charge is 2.23. The van der Waals surface area contributed by atoms with Gasteiger partial charge in [-0.2, -0.15) is 8.78 Å². The molecule has 0 spiro atoms. The highest BCUT2D eigenvalue weighted by molar-refractivity contribution is 5.74. The van der Waals surface area contributed by atoms with Gasteiger partial charge in [0.1, 0.15) is 5.75 Å². The third-order valence-corrected chi connectivity index (χ3v) is 5.38. The van der Waals surface area contributed by atoms with E-state index in [0.29, 0.717) is 31.5 Å². The number of nitrogens with one attached hydrogen (secondary N) is 2. The van der Waals surface area contributed by atoms with Gasteiger partial charge in [-0.3, -0.25) is 0 Å². The fraction of sp³-hybridized carbons (Fsp3) is 0.476. The average Bonchev–Trinajstić information content (AvgIpc) is 2.78. The number of anilines is 1. The van der Waals surface area contributed by atoms with Crippen LogP contribution in [-0.4, -0.2) is 53.3 Å². The van der Waals surface area contributed by atoms with Crippen molar-refractivity contribution in [3.8, 4) is 5.75 Å². The first-order chi connectivity index (χ1) is 15.1. The summed E-state index contributed by atoms with van der Waals surface area (Å²) in [6.07, 6.45) is 4.37. The number of carbonyl (C=O) groups is 1. The minimum atomic E-state index is -2.86. The predicted molar refractivity (Wildman–Crippen MR) is 109 cm³/mol. The Morgan fingerprint density at radius 3 is 2.77 bits per heavy atom. The lowest BCUT2D eigenvalue weighted by Crippen LogP contribution is -2.43. The zero-order valence-electron chi connectivity index (χ0n) is 17.0. The van der Waals surface area contributed by atoms with Gasteiger partial charge in [0.25, 0.3) is 0 Å². The maximum absolute atomic E-state index is 12.6. The Morgan fingerprint density at radius 1 is 1.26 bits per heavy atom. The molecule has 0 atom stereocenters. The molecule has 0 radical (unpaired) electrons. The molecule has 4 rings (SSSR count). The van der Waals surface area contributed by atoms with Crippen molar-refractivity contribution in [3.05, 3.63) is 47.3 Å². The molecule has 2 N–H and O–H groups in total. The van der Waals surface area contributed by atoms with E-state index in [4.69, 9.17) is 4.74 Å². The van der Waals surface area contributed by atoms with E-state index < -0.39 is 6.61 Å². The SMILES string of the molecule is O=C(NCc1ccc(OC(F)F)cc1)N1CCc2cnc(NC3CCOCC3)nc2C1. The van der Waals surface area contributed by atoms with E-state index in [1.165, 1.54) is 12.1 Å². The highest BCUT2D eigenvalue weighted by atomic mass is 19.3. The lowest BCUT2D eigenvalue weighted by atomic mass is 10.1. The summed E-state index contributed by atoms with van der Waals surface area (Å²) in [5, 5.41) is 6.22. The van der Waals surface area contributed by atoms with Crippen molar-refractivity contribution in [2.45, 2.75) is 45.0 Å². The van der Waals surface area contributed by atoms with Gasteiger partial charge in [-0.1, -0.05) is 12.1 Å². The van der Waals surface area contributed by atoms with E-state index in [9.17, 15) is 13.6 Å². The first-order valence-electron chi connectivity index (χ1n) is 10.3. The van der Waals surface area contributed by atoms with Gasteiger partial charge in [-0.15, -0.1) is 0 Å². The minimum absolute atomic E-state index is 0.0857. The first kappa shape index (κ1) is 21.2. The Labute approximate surface area is 179 Å². The molecule has 0 aliphatic carbocycles. The summed E-state index contributed by atoms with van der Waals surface area (Å²) in [6, 6.07) is 6.29. The Balaban J connectivity index is 1.31. The second-order valence-corrected chi connectivity index (χ2v) is 7.55. The number of nitrogens with zero attached hydrogens (tertiary/aromatic N) is 3. The molecule has 2 amide bonds. The second kappa shape index (κ2) is 9.86. The van der Waals surface area contributed by atoms with Crippen LogP contribution in [0.4, 0.5) is 19.5 Å². The molecular weight excluding hydrogens is 408 g/mol. The molecule has 31 heavy (non-hydrogen) atoms. The summed E-state index contributed by atoms with van der Waals surface area (Å²) in [7, 11) is 0. The van der Waals surface area contributed by atoms with Crippen LogP contribution in [0.3, 0.4) is 0 Å². The molecule has 2 aliphatic rings. The first-order valence-corrected chi connectivity index (χ1v) is 10.3. The molecule has 0 bridgehead atoms. The zero-order chi connectivity index (χ0) is 21.6. The number of hydrogen-bond donors (Lipinski definition) is 2. The van der Waals surface area contributed by atoms with Gasteiger partial charge < -0.3 is 25.0 Å². The highest BCUT2D eigenvalue weighted by Crippen LogP contribution is 2.20. The van der Waals surface area contributed by atoms with Gasteiger partial charge in [0.2, 0.25) is 5.95 Å². The van der Waals surface area contributed by atoms with Crippen LogP contribution in [-0.2, 0) is 24.2 Å². The summed E-state index contributed by atoms with van der Waals surface area (Å²) >= 11 is 0. The van der Waals surface area contributed by atoms with E-state index in [1.54, 1.807) is 17.0 Å². The van der Waals surface area contributed by atoms with Crippen molar-refractivity contribution in [1.29, 1.82) is 0 Å². The molecule has 166 valence electrons. The summed E-state index contributed by atoms with van der Waals surface area (Å²) < 4.78 is 34.2. The average molecular weight is 433 g/mol. The molecule has 1 aromatic carbocycles. The van der Waals surface area contributed by atoms with Gasteiger partial charge in [0, 0.05) is 38.5 Å².